The van der Waals surface area contributed by atoms with Crippen molar-refractivity contribution in [2.45, 2.75) is 6.92 Å². The van der Waals surface area contributed by atoms with Crippen LogP contribution in [-0.4, -0.2) is 15.8 Å². The number of phenolic OH excluding ortho intramolecular Hbond substituents is 1. The van der Waals surface area contributed by atoms with E-state index in [0.29, 0.717) is 5.39 Å². The highest BCUT2D eigenvalue weighted by Crippen LogP contribution is 2.35. The van der Waals surface area contributed by atoms with Crippen LogP contribution in [0, 0.1) is 10.1 Å². The van der Waals surface area contributed by atoms with E-state index in [9.17, 15) is 20.0 Å². The van der Waals surface area contributed by atoms with Crippen molar-refractivity contribution < 1.29 is 19.2 Å². The van der Waals surface area contributed by atoms with Gasteiger partial charge in [-0.05, 0) is 12.1 Å². The van der Waals surface area contributed by atoms with Gasteiger partial charge in [0.1, 0.15) is 0 Å². The summed E-state index contributed by atoms with van der Waals surface area (Å²) in [5.74, 6) is -0.806. The number of fused-ring (bicyclic) bond motifs is 1. The number of phenols is 1. The Bertz CT molecular complexity index is 599. The van der Waals surface area contributed by atoms with Gasteiger partial charge in [-0.15, -0.1) is 0 Å². The SMILES string of the molecule is CC(=O)c1cc2ccc([N+](=O)[O-])c(O)c2o1. The van der Waals surface area contributed by atoms with Gasteiger partial charge in [0.25, 0.3) is 0 Å². The molecular weight excluding hydrogens is 214 g/mol. The van der Waals surface area contributed by atoms with Gasteiger partial charge in [0.15, 0.2) is 17.1 Å². The van der Waals surface area contributed by atoms with E-state index in [1.165, 1.54) is 19.1 Å². The molecule has 0 bridgehead atoms. The van der Waals surface area contributed by atoms with Gasteiger partial charge in [0.2, 0.25) is 5.75 Å². The van der Waals surface area contributed by atoms with Crippen LogP contribution in [0.5, 0.6) is 5.75 Å². The van der Waals surface area contributed by atoms with Crippen molar-refractivity contribution in [2.75, 3.05) is 0 Å². The van der Waals surface area contributed by atoms with Gasteiger partial charge >= 0.3 is 5.69 Å². The first-order valence-corrected chi connectivity index (χ1v) is 4.41. The van der Waals surface area contributed by atoms with E-state index in [-0.39, 0.29) is 17.1 Å². The first-order valence-electron chi connectivity index (χ1n) is 4.41. The predicted octanol–water partition coefficient (Wildman–Crippen LogP) is 2.25. The normalized spacial score (nSPS) is 10.6. The molecule has 0 saturated carbocycles. The number of furan rings is 1. The standard InChI is InChI=1S/C10H7NO5/c1-5(12)8-4-6-2-3-7(11(14)15)9(13)10(6)16-8/h2-4,13H,1H3. The number of nitro benzene ring substituents is 1. The maximum atomic E-state index is 11.0. The summed E-state index contributed by atoms with van der Waals surface area (Å²) < 4.78 is 5.05. The number of carbonyl (C=O) groups is 1. The number of carbonyl (C=O) groups excluding carboxylic acids is 1. The fraction of sp³-hybridized carbons (Fsp3) is 0.100. The minimum absolute atomic E-state index is 0.0422. The molecule has 0 fully saturated rings. The van der Waals surface area contributed by atoms with Gasteiger partial charge < -0.3 is 9.52 Å². The molecule has 1 aromatic carbocycles. The number of aromatic hydroxyl groups is 1. The maximum Gasteiger partial charge on any atom is 0.314 e. The average Bonchev–Trinajstić information content (AvgIpc) is 2.62. The zero-order valence-corrected chi connectivity index (χ0v) is 8.26. The van der Waals surface area contributed by atoms with Crippen LogP contribution in [0.2, 0.25) is 0 Å². The largest absolute Gasteiger partial charge is 0.499 e. The molecule has 2 aromatic rings. The lowest BCUT2D eigenvalue weighted by Crippen LogP contribution is -1.87. The lowest BCUT2D eigenvalue weighted by atomic mass is 10.2. The van der Waals surface area contributed by atoms with Crippen molar-refractivity contribution in [2.24, 2.45) is 0 Å². The molecule has 16 heavy (non-hydrogen) atoms. The van der Waals surface area contributed by atoms with Crippen LogP contribution < -0.4 is 0 Å². The molecule has 1 heterocycles. The molecule has 1 aromatic heterocycles. The first-order chi connectivity index (χ1) is 7.50. The highest BCUT2D eigenvalue weighted by Gasteiger charge is 2.20. The van der Waals surface area contributed by atoms with E-state index in [4.69, 9.17) is 4.42 Å². The quantitative estimate of drug-likeness (QED) is 0.476. The highest BCUT2D eigenvalue weighted by molar-refractivity contribution is 5.98. The highest BCUT2D eigenvalue weighted by atomic mass is 16.6. The average molecular weight is 221 g/mol. The van der Waals surface area contributed by atoms with Crippen LogP contribution in [-0.2, 0) is 0 Å². The topological polar surface area (TPSA) is 93.6 Å². The molecular formula is C10H7NO5. The molecule has 0 amide bonds. The fourth-order valence-corrected chi connectivity index (χ4v) is 1.40. The van der Waals surface area contributed by atoms with Gasteiger partial charge in [-0.2, -0.15) is 0 Å². The second kappa shape index (κ2) is 3.34. The summed E-state index contributed by atoms with van der Waals surface area (Å²) in [5.41, 5.74) is -0.489. The third kappa shape index (κ3) is 1.40. The Morgan fingerprint density at radius 1 is 1.50 bits per heavy atom. The third-order valence-electron chi connectivity index (χ3n) is 2.18. The minimum Gasteiger partial charge on any atom is -0.499 e. The third-order valence-corrected chi connectivity index (χ3v) is 2.18. The maximum absolute atomic E-state index is 11.0. The molecule has 0 spiro atoms. The lowest BCUT2D eigenvalue weighted by Gasteiger charge is -1.95. The van der Waals surface area contributed by atoms with E-state index in [2.05, 4.69) is 0 Å². The van der Waals surface area contributed by atoms with Crippen molar-refractivity contribution in [3.63, 3.8) is 0 Å². The van der Waals surface area contributed by atoms with Crippen molar-refractivity contribution in [3.05, 3.63) is 34.1 Å². The molecule has 0 aliphatic carbocycles. The molecule has 2 rings (SSSR count). The van der Waals surface area contributed by atoms with Crippen LogP contribution >= 0.6 is 0 Å². The Morgan fingerprint density at radius 3 is 2.75 bits per heavy atom. The molecule has 0 atom stereocenters. The summed E-state index contributed by atoms with van der Waals surface area (Å²) in [4.78, 5) is 20.9. The molecule has 82 valence electrons. The first kappa shape index (κ1) is 10.2. The fourth-order valence-electron chi connectivity index (χ4n) is 1.40. The minimum atomic E-state index is -0.718. The van der Waals surface area contributed by atoms with Gasteiger partial charge in [-0.1, -0.05) is 0 Å². The van der Waals surface area contributed by atoms with E-state index < -0.39 is 16.4 Å². The number of Topliss-reactive ketones (excluding diaryl/α,β-unsaturated/α-hetero) is 1. The second-order valence-electron chi connectivity index (χ2n) is 3.28. The lowest BCUT2D eigenvalue weighted by molar-refractivity contribution is -0.385. The monoisotopic (exact) mass is 221 g/mol. The van der Waals surface area contributed by atoms with Crippen LogP contribution in [0.25, 0.3) is 11.0 Å². The van der Waals surface area contributed by atoms with Crippen LogP contribution in [0.1, 0.15) is 17.5 Å². The van der Waals surface area contributed by atoms with Crippen molar-refractivity contribution in [3.8, 4) is 5.75 Å². The Balaban J connectivity index is 2.74. The Hall–Kier alpha value is -2.37. The summed E-state index contributed by atoms with van der Waals surface area (Å²) in [6.45, 7) is 1.31. The van der Waals surface area contributed by atoms with E-state index in [1.807, 2.05) is 0 Å². The smallest absolute Gasteiger partial charge is 0.314 e. The summed E-state index contributed by atoms with van der Waals surface area (Å²) in [6, 6.07) is 4.02. The number of hydrogen-bond acceptors (Lipinski definition) is 5. The summed E-state index contributed by atoms with van der Waals surface area (Å²) in [7, 11) is 0. The van der Waals surface area contributed by atoms with Gasteiger partial charge in [0, 0.05) is 18.4 Å². The van der Waals surface area contributed by atoms with Gasteiger partial charge in [-0.3, -0.25) is 14.9 Å². The Labute approximate surface area is 89.2 Å². The number of benzene rings is 1. The van der Waals surface area contributed by atoms with Gasteiger partial charge in [0.05, 0.1) is 4.92 Å². The molecule has 0 aliphatic heterocycles. The molecule has 6 nitrogen and oxygen atoms in total. The van der Waals surface area contributed by atoms with Crippen molar-refractivity contribution >= 4 is 22.4 Å². The zero-order chi connectivity index (χ0) is 11.9. The number of hydrogen-bond donors (Lipinski definition) is 1. The molecule has 0 unspecified atom stereocenters. The van der Waals surface area contributed by atoms with E-state index in [0.717, 1.165) is 6.07 Å². The predicted molar refractivity (Wildman–Crippen MR) is 54.5 cm³/mol. The van der Waals surface area contributed by atoms with Crippen molar-refractivity contribution in [1.29, 1.82) is 0 Å². The second-order valence-corrected chi connectivity index (χ2v) is 3.28. The van der Waals surface area contributed by atoms with Crippen LogP contribution in [0.15, 0.2) is 22.6 Å². The number of nitro groups is 1. The molecule has 6 heteroatoms. The van der Waals surface area contributed by atoms with Crippen LogP contribution in [0.4, 0.5) is 5.69 Å². The number of nitrogens with zero attached hydrogens (tertiary/aromatic N) is 1. The Kier molecular flexibility index (Phi) is 2.12. The summed E-state index contributed by atoms with van der Waals surface area (Å²) >= 11 is 0. The molecule has 1 N–H and O–H groups in total. The molecule has 0 aliphatic rings. The van der Waals surface area contributed by atoms with E-state index >= 15 is 0 Å². The number of ketones is 1. The van der Waals surface area contributed by atoms with Crippen molar-refractivity contribution in [1.82, 2.24) is 0 Å². The number of rotatable bonds is 2. The van der Waals surface area contributed by atoms with Gasteiger partial charge in [-0.25, -0.2) is 0 Å². The summed E-state index contributed by atoms with van der Waals surface area (Å²) in [5, 5.41) is 20.6. The van der Waals surface area contributed by atoms with Crippen LogP contribution in [0.3, 0.4) is 0 Å². The summed E-state index contributed by atoms with van der Waals surface area (Å²) in [6.07, 6.45) is 0. The molecule has 0 radical (unpaired) electrons. The zero-order valence-electron chi connectivity index (χ0n) is 8.26. The Morgan fingerprint density at radius 2 is 2.19 bits per heavy atom. The van der Waals surface area contributed by atoms with E-state index in [1.54, 1.807) is 0 Å². The molecule has 0 saturated heterocycles.